The van der Waals surface area contributed by atoms with E-state index in [9.17, 15) is 23.5 Å². The number of H-pyrrole nitrogens is 1. The summed E-state index contributed by atoms with van der Waals surface area (Å²) in [6.45, 7) is 0.843. The largest absolute Gasteiger partial charge is 0.390 e. The van der Waals surface area contributed by atoms with E-state index in [1.54, 1.807) is 0 Å². The number of aromatic amines is 1. The number of nitrogens with one attached hydrogen (secondary N) is 4. The molecule has 1 aliphatic heterocycles. The predicted octanol–water partition coefficient (Wildman–Crippen LogP) is 2.44. The molecule has 2 aromatic carbocycles. The molecule has 0 radical (unpaired) electrons. The van der Waals surface area contributed by atoms with E-state index in [1.165, 1.54) is 12.1 Å². The van der Waals surface area contributed by atoms with Crippen molar-refractivity contribution in [2.24, 2.45) is 4.99 Å². The van der Waals surface area contributed by atoms with E-state index in [2.05, 4.69) is 25.6 Å². The van der Waals surface area contributed by atoms with Gasteiger partial charge in [-0.05, 0) is 24.3 Å². The number of fused-ring (bicyclic) bond motifs is 1. The van der Waals surface area contributed by atoms with E-state index in [0.717, 1.165) is 12.1 Å². The molecule has 0 aliphatic carbocycles. The number of hydrogen-bond donors (Lipinski definition) is 6. The maximum absolute atomic E-state index is 14.3. The van der Waals surface area contributed by atoms with Crippen LogP contribution in [0.2, 0.25) is 5.02 Å². The molecule has 0 bridgehead atoms. The zero-order valence-corrected chi connectivity index (χ0v) is 15.9. The summed E-state index contributed by atoms with van der Waals surface area (Å²) in [6.07, 6.45) is -0.682. The predicted molar refractivity (Wildman–Crippen MR) is 105 cm³/mol. The Bertz CT molecular complexity index is 1140. The first kappa shape index (κ1) is 20.4. The number of anilines is 1. The Morgan fingerprint density at radius 2 is 2.00 bits per heavy atom. The summed E-state index contributed by atoms with van der Waals surface area (Å²) in [5.74, 6) is -3.20. The standard InChI is InChI=1S/C18H16ClF3N6O2/c19-9-3-7(1-2-10(9)20)24-17(28-30)8-4-11(21)14(22)16-15(8)26-18(27-16)25-12-5-23-6-13(12)29/h1-4,12-13,23,29-30H,5-6H2,(H,24,28)(H2,25,26,27)/t12-,13+/m1/s1. The van der Waals surface area contributed by atoms with Crippen LogP contribution in [-0.2, 0) is 0 Å². The highest BCUT2D eigenvalue weighted by atomic mass is 35.5. The number of hydrogen-bond acceptors (Lipinski definition) is 6. The monoisotopic (exact) mass is 440 g/mol. The number of β-amino-alcohol motifs (C(OH)–C–C–N with tert-alkyl or cyclic N) is 1. The molecule has 0 amide bonds. The molecular weight excluding hydrogens is 425 g/mol. The average Bonchev–Trinajstić information content (AvgIpc) is 3.32. The van der Waals surface area contributed by atoms with Crippen LogP contribution >= 0.6 is 11.6 Å². The molecule has 8 nitrogen and oxygen atoms in total. The third-order valence-corrected chi connectivity index (χ3v) is 4.96. The number of aromatic nitrogens is 2. The maximum atomic E-state index is 14.3. The fourth-order valence-electron chi connectivity index (χ4n) is 3.17. The molecule has 0 spiro atoms. The van der Waals surface area contributed by atoms with Crippen molar-refractivity contribution in [3.63, 3.8) is 0 Å². The second kappa shape index (κ2) is 8.11. The van der Waals surface area contributed by atoms with Crippen molar-refractivity contribution in [2.45, 2.75) is 12.1 Å². The molecule has 1 aromatic heterocycles. The van der Waals surface area contributed by atoms with Gasteiger partial charge in [0.05, 0.1) is 28.4 Å². The number of aliphatic hydroxyl groups excluding tert-OH is 1. The summed E-state index contributed by atoms with van der Waals surface area (Å²) in [6, 6.07) is 4.03. The number of aliphatic hydroxyl groups is 1. The van der Waals surface area contributed by atoms with Gasteiger partial charge in [0, 0.05) is 18.7 Å². The Morgan fingerprint density at radius 3 is 2.67 bits per heavy atom. The molecular formula is C18H16ClF3N6O2. The number of halogens is 4. The number of nitrogens with zero attached hydrogens (tertiary/aromatic N) is 2. The van der Waals surface area contributed by atoms with E-state index in [1.807, 2.05) is 5.48 Å². The van der Waals surface area contributed by atoms with Gasteiger partial charge in [-0.2, -0.15) is 0 Å². The van der Waals surface area contributed by atoms with E-state index < -0.39 is 23.6 Å². The average molecular weight is 441 g/mol. The lowest BCUT2D eigenvalue weighted by Gasteiger charge is -2.14. The lowest BCUT2D eigenvalue weighted by Crippen LogP contribution is -2.32. The minimum atomic E-state index is -1.21. The quantitative estimate of drug-likeness (QED) is 0.211. The Hall–Kier alpha value is -2.86. The second-order valence-corrected chi connectivity index (χ2v) is 7.08. The van der Waals surface area contributed by atoms with Gasteiger partial charge in [0.2, 0.25) is 5.95 Å². The van der Waals surface area contributed by atoms with Crippen LogP contribution in [-0.4, -0.2) is 51.4 Å². The van der Waals surface area contributed by atoms with Gasteiger partial charge in [0.1, 0.15) is 11.3 Å². The summed E-state index contributed by atoms with van der Waals surface area (Å²) in [5.41, 5.74) is 1.69. The number of aliphatic imine (C=N–C) groups is 1. The molecule has 1 aliphatic rings. The van der Waals surface area contributed by atoms with E-state index in [0.29, 0.717) is 13.1 Å². The summed E-state index contributed by atoms with van der Waals surface area (Å²) in [7, 11) is 0. The van der Waals surface area contributed by atoms with Crippen LogP contribution in [0.4, 0.5) is 24.8 Å². The van der Waals surface area contributed by atoms with Gasteiger partial charge in [0.15, 0.2) is 17.5 Å². The van der Waals surface area contributed by atoms with Gasteiger partial charge in [-0.25, -0.2) is 23.1 Å². The summed E-state index contributed by atoms with van der Waals surface area (Å²) >= 11 is 5.74. The van der Waals surface area contributed by atoms with E-state index in [-0.39, 0.29) is 45.1 Å². The first-order chi connectivity index (χ1) is 14.4. The molecule has 1 saturated heterocycles. The lowest BCUT2D eigenvalue weighted by molar-refractivity contribution is 0.185. The Morgan fingerprint density at radius 1 is 1.20 bits per heavy atom. The SMILES string of the molecule is ONC(=Nc1ccc(F)c(Cl)c1)c1cc(F)c(F)c2nc(N[C@@H]3CNC[C@@H]3O)[nH]c12. The van der Waals surface area contributed by atoms with Crippen LogP contribution in [0, 0.1) is 17.5 Å². The molecule has 12 heteroatoms. The summed E-state index contributed by atoms with van der Waals surface area (Å²) in [4.78, 5) is 10.9. The highest BCUT2D eigenvalue weighted by molar-refractivity contribution is 6.31. The third kappa shape index (κ3) is 3.79. The van der Waals surface area contributed by atoms with Crippen molar-refractivity contribution in [1.29, 1.82) is 0 Å². The highest BCUT2D eigenvalue weighted by Crippen LogP contribution is 2.27. The van der Waals surface area contributed by atoms with Gasteiger partial charge < -0.3 is 20.7 Å². The Labute approximate surface area is 172 Å². The van der Waals surface area contributed by atoms with Crippen LogP contribution in [0.15, 0.2) is 29.3 Å². The van der Waals surface area contributed by atoms with Gasteiger partial charge in [-0.1, -0.05) is 11.6 Å². The fraction of sp³-hybridized carbons (Fsp3) is 0.222. The van der Waals surface area contributed by atoms with Gasteiger partial charge >= 0.3 is 0 Å². The first-order valence-electron chi connectivity index (χ1n) is 8.84. The second-order valence-electron chi connectivity index (χ2n) is 6.68. The molecule has 4 rings (SSSR count). The molecule has 2 heterocycles. The molecule has 3 aromatic rings. The first-order valence-corrected chi connectivity index (χ1v) is 9.22. The number of hydroxylamine groups is 1. The van der Waals surface area contributed by atoms with Crippen LogP contribution in [0.5, 0.6) is 0 Å². The van der Waals surface area contributed by atoms with Crippen LogP contribution in [0.1, 0.15) is 5.56 Å². The van der Waals surface area contributed by atoms with Crippen LogP contribution in [0.25, 0.3) is 11.0 Å². The molecule has 6 N–H and O–H groups in total. The van der Waals surface area contributed by atoms with Gasteiger partial charge in [0.25, 0.3) is 0 Å². The maximum Gasteiger partial charge on any atom is 0.201 e. The lowest BCUT2D eigenvalue weighted by atomic mass is 10.1. The van der Waals surface area contributed by atoms with Crippen LogP contribution < -0.4 is 16.1 Å². The van der Waals surface area contributed by atoms with Crippen molar-refractivity contribution in [1.82, 2.24) is 20.8 Å². The molecule has 0 unspecified atom stereocenters. The summed E-state index contributed by atoms with van der Waals surface area (Å²) < 4.78 is 41.9. The van der Waals surface area contributed by atoms with Crippen molar-refractivity contribution in [2.75, 3.05) is 18.4 Å². The topological polar surface area (TPSA) is 118 Å². The summed E-state index contributed by atoms with van der Waals surface area (Å²) in [5, 5.41) is 25.2. The molecule has 158 valence electrons. The van der Waals surface area contributed by atoms with Crippen molar-refractivity contribution >= 4 is 40.1 Å². The number of benzene rings is 2. The van der Waals surface area contributed by atoms with Crippen molar-refractivity contribution in [3.05, 3.63) is 52.3 Å². The minimum absolute atomic E-state index is 0.0301. The molecule has 2 atom stereocenters. The Kier molecular flexibility index (Phi) is 5.52. The molecule has 0 saturated carbocycles. The third-order valence-electron chi connectivity index (χ3n) is 4.67. The van der Waals surface area contributed by atoms with Crippen LogP contribution in [0.3, 0.4) is 0 Å². The Balaban J connectivity index is 1.79. The zero-order valence-electron chi connectivity index (χ0n) is 15.2. The highest BCUT2D eigenvalue weighted by Gasteiger charge is 2.26. The van der Waals surface area contributed by atoms with E-state index in [4.69, 9.17) is 11.6 Å². The van der Waals surface area contributed by atoms with Crippen molar-refractivity contribution in [3.8, 4) is 0 Å². The normalized spacial score (nSPS) is 19.5. The fourth-order valence-corrected chi connectivity index (χ4v) is 3.35. The number of imidazole rings is 1. The number of rotatable bonds is 4. The van der Waals surface area contributed by atoms with Gasteiger partial charge in [-0.15, -0.1) is 0 Å². The molecule has 1 fully saturated rings. The molecule has 30 heavy (non-hydrogen) atoms. The number of amidine groups is 1. The van der Waals surface area contributed by atoms with E-state index >= 15 is 0 Å². The smallest absolute Gasteiger partial charge is 0.201 e. The van der Waals surface area contributed by atoms with Gasteiger partial charge in [-0.3, -0.25) is 10.7 Å². The zero-order chi connectivity index (χ0) is 21.4. The minimum Gasteiger partial charge on any atom is -0.390 e. The van der Waals surface area contributed by atoms with Crippen molar-refractivity contribution < 1.29 is 23.5 Å².